The van der Waals surface area contributed by atoms with Gasteiger partial charge in [0.1, 0.15) is 12.1 Å². The van der Waals surface area contributed by atoms with Crippen molar-refractivity contribution < 1.29 is 14.1 Å². The predicted molar refractivity (Wildman–Crippen MR) is 87.1 cm³/mol. The van der Waals surface area contributed by atoms with E-state index in [2.05, 4.69) is 15.5 Å². The molecule has 2 aromatic rings. The fraction of sp³-hybridized carbons (Fsp3) is 0.500. The number of rotatable bonds is 3. The molecule has 1 aliphatic carbocycles. The Labute approximate surface area is 143 Å². The van der Waals surface area contributed by atoms with Gasteiger partial charge in [0.05, 0.1) is 4.88 Å². The van der Waals surface area contributed by atoms with Crippen LogP contribution in [0.4, 0.5) is 4.79 Å². The number of hydrogen-bond acceptors (Lipinski definition) is 6. The Balaban J connectivity index is 1.55. The molecule has 2 aromatic heterocycles. The number of carbonyl (C=O) groups is 2. The summed E-state index contributed by atoms with van der Waals surface area (Å²) in [4.78, 5) is 31.6. The summed E-state index contributed by atoms with van der Waals surface area (Å²) in [7, 11) is 0. The van der Waals surface area contributed by atoms with E-state index < -0.39 is 5.54 Å². The lowest BCUT2D eigenvalue weighted by Crippen LogP contribution is -2.53. The zero-order chi connectivity index (χ0) is 16.7. The van der Waals surface area contributed by atoms with Crippen molar-refractivity contribution in [2.75, 3.05) is 0 Å². The highest BCUT2D eigenvalue weighted by Crippen LogP contribution is 2.38. The summed E-state index contributed by atoms with van der Waals surface area (Å²) >= 11 is 1.51. The molecule has 0 unspecified atom stereocenters. The molecule has 0 bridgehead atoms. The monoisotopic (exact) mass is 346 g/mol. The van der Waals surface area contributed by atoms with Crippen LogP contribution in [0.1, 0.15) is 38.5 Å². The van der Waals surface area contributed by atoms with E-state index in [1.54, 1.807) is 0 Å². The van der Waals surface area contributed by atoms with E-state index in [1.165, 1.54) is 16.2 Å². The third kappa shape index (κ3) is 2.32. The smallest absolute Gasteiger partial charge is 0.325 e. The fourth-order valence-electron chi connectivity index (χ4n) is 3.60. The van der Waals surface area contributed by atoms with E-state index in [1.807, 2.05) is 24.4 Å². The van der Waals surface area contributed by atoms with Gasteiger partial charge >= 0.3 is 6.03 Å². The van der Waals surface area contributed by atoms with Crippen molar-refractivity contribution in [1.29, 1.82) is 0 Å². The highest BCUT2D eigenvalue weighted by molar-refractivity contribution is 7.13. The molecule has 0 radical (unpaired) electrons. The van der Waals surface area contributed by atoms with Crippen LogP contribution < -0.4 is 5.32 Å². The second-order valence-corrected chi connectivity index (χ2v) is 7.38. The molecule has 3 amide bonds. The molecule has 1 spiro atoms. The van der Waals surface area contributed by atoms with E-state index in [0.29, 0.717) is 12.2 Å². The van der Waals surface area contributed by atoms with Crippen LogP contribution in [-0.2, 0) is 11.3 Å². The molecule has 2 atom stereocenters. The Morgan fingerprint density at radius 3 is 3.08 bits per heavy atom. The van der Waals surface area contributed by atoms with E-state index in [-0.39, 0.29) is 30.3 Å². The normalized spacial score (nSPS) is 27.0. The molecular weight excluding hydrogens is 328 g/mol. The van der Waals surface area contributed by atoms with E-state index in [9.17, 15) is 9.59 Å². The molecule has 2 fully saturated rings. The topological polar surface area (TPSA) is 88.3 Å². The van der Waals surface area contributed by atoms with E-state index >= 15 is 0 Å². The average molecular weight is 346 g/mol. The summed E-state index contributed by atoms with van der Waals surface area (Å²) in [6.45, 7) is 2.04. The summed E-state index contributed by atoms with van der Waals surface area (Å²) in [6, 6.07) is 3.43. The number of carbonyl (C=O) groups excluding carboxylic acids is 2. The second-order valence-electron chi connectivity index (χ2n) is 6.43. The van der Waals surface area contributed by atoms with Crippen molar-refractivity contribution >= 4 is 23.3 Å². The zero-order valence-electron chi connectivity index (χ0n) is 13.3. The molecular formula is C16H18N4O3S. The number of nitrogens with one attached hydrogen (secondary N) is 1. The van der Waals surface area contributed by atoms with Crippen molar-refractivity contribution in [2.24, 2.45) is 5.92 Å². The highest BCUT2D eigenvalue weighted by atomic mass is 32.1. The van der Waals surface area contributed by atoms with Crippen molar-refractivity contribution in [3.8, 4) is 10.7 Å². The minimum Gasteiger partial charge on any atom is -0.337 e. The van der Waals surface area contributed by atoms with Gasteiger partial charge in [0.25, 0.3) is 5.91 Å². The Morgan fingerprint density at radius 2 is 2.33 bits per heavy atom. The maximum atomic E-state index is 12.9. The van der Waals surface area contributed by atoms with Crippen LogP contribution in [0.5, 0.6) is 0 Å². The summed E-state index contributed by atoms with van der Waals surface area (Å²) < 4.78 is 5.22. The summed E-state index contributed by atoms with van der Waals surface area (Å²) in [6.07, 6.45) is 3.69. The molecule has 1 saturated carbocycles. The molecule has 4 rings (SSSR count). The number of hydrogen-bond donors (Lipinski definition) is 1. The lowest BCUT2D eigenvalue weighted by atomic mass is 9.73. The van der Waals surface area contributed by atoms with Gasteiger partial charge in [-0.3, -0.25) is 9.69 Å². The van der Waals surface area contributed by atoms with Crippen LogP contribution in [-0.4, -0.2) is 32.5 Å². The van der Waals surface area contributed by atoms with Crippen molar-refractivity contribution in [3.63, 3.8) is 0 Å². The number of imide groups is 1. The van der Waals surface area contributed by atoms with Gasteiger partial charge in [-0.25, -0.2) is 4.79 Å². The van der Waals surface area contributed by atoms with E-state index in [4.69, 9.17) is 4.52 Å². The third-order valence-electron chi connectivity index (χ3n) is 5.00. The number of urea groups is 1. The van der Waals surface area contributed by atoms with E-state index in [0.717, 1.165) is 24.1 Å². The first-order chi connectivity index (χ1) is 11.6. The molecule has 24 heavy (non-hydrogen) atoms. The van der Waals surface area contributed by atoms with Gasteiger partial charge in [0.15, 0.2) is 0 Å². The molecule has 2 aliphatic rings. The molecule has 1 N–H and O–H groups in total. The van der Waals surface area contributed by atoms with Gasteiger partial charge in [-0.15, -0.1) is 11.3 Å². The molecule has 1 aliphatic heterocycles. The first-order valence-electron chi connectivity index (χ1n) is 8.11. The van der Waals surface area contributed by atoms with Crippen LogP contribution >= 0.6 is 11.3 Å². The SMILES string of the molecule is C[C@H]1CCCC[C@@]12NC(=O)N(Cc1nc(-c3cccs3)no1)C2=O. The van der Waals surface area contributed by atoms with Gasteiger partial charge in [0, 0.05) is 0 Å². The minimum absolute atomic E-state index is 0.0114. The predicted octanol–water partition coefficient (Wildman–Crippen LogP) is 2.80. The van der Waals surface area contributed by atoms with Crippen molar-refractivity contribution in [3.05, 3.63) is 23.4 Å². The third-order valence-corrected chi connectivity index (χ3v) is 5.87. The Morgan fingerprint density at radius 1 is 1.46 bits per heavy atom. The van der Waals surface area contributed by atoms with Crippen LogP contribution in [0.25, 0.3) is 10.7 Å². The molecule has 3 heterocycles. The first-order valence-corrected chi connectivity index (χ1v) is 8.99. The Bertz CT molecular complexity index is 772. The van der Waals surface area contributed by atoms with Gasteiger partial charge in [-0.2, -0.15) is 4.98 Å². The lowest BCUT2D eigenvalue weighted by Gasteiger charge is -2.36. The summed E-state index contributed by atoms with van der Waals surface area (Å²) in [5, 5.41) is 8.78. The summed E-state index contributed by atoms with van der Waals surface area (Å²) in [5.74, 6) is 0.711. The number of amides is 3. The fourth-order valence-corrected chi connectivity index (χ4v) is 4.25. The maximum Gasteiger partial charge on any atom is 0.325 e. The largest absolute Gasteiger partial charge is 0.337 e. The molecule has 126 valence electrons. The number of thiophene rings is 1. The average Bonchev–Trinajstić information content (AvgIpc) is 3.28. The van der Waals surface area contributed by atoms with Gasteiger partial charge < -0.3 is 9.84 Å². The summed E-state index contributed by atoms with van der Waals surface area (Å²) in [5.41, 5.74) is -0.758. The highest BCUT2D eigenvalue weighted by Gasteiger charge is 2.55. The number of nitrogens with zero attached hydrogens (tertiary/aromatic N) is 3. The van der Waals surface area contributed by atoms with Crippen LogP contribution in [0.3, 0.4) is 0 Å². The maximum absolute atomic E-state index is 12.9. The quantitative estimate of drug-likeness (QED) is 0.863. The van der Waals surface area contributed by atoms with Gasteiger partial charge in [-0.05, 0) is 30.2 Å². The van der Waals surface area contributed by atoms with Gasteiger partial charge in [0.2, 0.25) is 11.7 Å². The van der Waals surface area contributed by atoms with Crippen LogP contribution in [0.15, 0.2) is 22.0 Å². The molecule has 0 aromatic carbocycles. The molecule has 8 heteroatoms. The number of aromatic nitrogens is 2. The Kier molecular flexibility index (Phi) is 3.64. The zero-order valence-corrected chi connectivity index (χ0v) is 14.1. The Hall–Kier alpha value is -2.22. The first kappa shape index (κ1) is 15.3. The molecule has 7 nitrogen and oxygen atoms in total. The second kappa shape index (κ2) is 5.70. The van der Waals surface area contributed by atoms with Crippen molar-refractivity contribution in [1.82, 2.24) is 20.4 Å². The van der Waals surface area contributed by atoms with Gasteiger partial charge in [-0.1, -0.05) is 31.0 Å². The lowest BCUT2D eigenvalue weighted by molar-refractivity contribution is -0.134. The van der Waals surface area contributed by atoms with Crippen LogP contribution in [0, 0.1) is 5.92 Å². The minimum atomic E-state index is -0.758. The van der Waals surface area contributed by atoms with Crippen molar-refractivity contribution in [2.45, 2.75) is 44.7 Å². The molecule has 1 saturated heterocycles. The van der Waals surface area contributed by atoms with Crippen LogP contribution in [0.2, 0.25) is 0 Å². The standard InChI is InChI=1S/C16H18N4O3S/c1-10-5-2-3-7-16(10)14(21)20(15(22)18-16)9-12-17-13(19-23-12)11-6-4-8-24-11/h4,6,8,10H,2-3,5,7,9H2,1H3,(H,18,22)/t10-,16+/m0/s1.